The Morgan fingerprint density at radius 3 is 2.59 bits per heavy atom. The largest absolute Gasteiger partial charge is 0.481 e. The van der Waals surface area contributed by atoms with E-state index in [1.54, 1.807) is 0 Å². The Morgan fingerprint density at radius 2 is 2.00 bits per heavy atom. The predicted molar refractivity (Wildman–Crippen MR) is 56.4 cm³/mol. The van der Waals surface area contributed by atoms with Crippen molar-refractivity contribution < 1.29 is 28.8 Å². The second kappa shape index (κ2) is 4.53. The Bertz CT molecular complexity index is 302. The molecule has 17 heavy (non-hydrogen) atoms. The molecule has 0 spiro atoms. The lowest BCUT2D eigenvalue weighted by Gasteiger charge is -2.23. The van der Waals surface area contributed by atoms with E-state index in [1.165, 1.54) is 7.11 Å². The molecule has 1 N–H and O–H groups in total. The number of hydrogen-bond acceptors (Lipinski definition) is 5. The van der Waals surface area contributed by atoms with Crippen LogP contribution in [0.15, 0.2) is 0 Å². The van der Waals surface area contributed by atoms with Crippen LogP contribution in [0.4, 0.5) is 0 Å². The lowest BCUT2D eigenvalue weighted by molar-refractivity contribution is -0.227. The van der Waals surface area contributed by atoms with E-state index in [-0.39, 0.29) is 24.7 Å². The van der Waals surface area contributed by atoms with E-state index in [2.05, 4.69) is 0 Å². The number of rotatable bonds is 4. The van der Waals surface area contributed by atoms with Gasteiger partial charge in [0.25, 0.3) is 0 Å². The molecule has 0 aromatic rings. The second-order valence-corrected chi connectivity index (χ2v) is 4.78. The van der Waals surface area contributed by atoms with Gasteiger partial charge in [-0.05, 0) is 20.3 Å². The zero-order valence-corrected chi connectivity index (χ0v) is 10.2. The van der Waals surface area contributed by atoms with Crippen LogP contribution in [0.5, 0.6) is 0 Å². The lowest BCUT2D eigenvalue weighted by atomic mass is 10.1. The molecule has 0 aromatic carbocycles. The van der Waals surface area contributed by atoms with Gasteiger partial charge in [0, 0.05) is 13.5 Å². The molecular formula is C11H18O6. The molecule has 2 fully saturated rings. The third kappa shape index (κ3) is 2.60. The maximum atomic E-state index is 10.6. The molecule has 2 saturated heterocycles. The van der Waals surface area contributed by atoms with Crippen molar-refractivity contribution in [2.75, 3.05) is 7.11 Å². The first-order valence-corrected chi connectivity index (χ1v) is 5.68. The highest BCUT2D eigenvalue weighted by Gasteiger charge is 2.55. The number of ether oxygens (including phenoxy) is 4. The minimum atomic E-state index is -0.843. The van der Waals surface area contributed by atoms with Gasteiger partial charge in [-0.3, -0.25) is 4.79 Å². The average molecular weight is 246 g/mol. The van der Waals surface area contributed by atoms with Crippen molar-refractivity contribution in [3.63, 3.8) is 0 Å². The summed E-state index contributed by atoms with van der Waals surface area (Å²) in [5.74, 6) is -1.51. The van der Waals surface area contributed by atoms with Gasteiger partial charge in [-0.15, -0.1) is 0 Å². The smallest absolute Gasteiger partial charge is 0.303 e. The first-order valence-electron chi connectivity index (χ1n) is 5.68. The van der Waals surface area contributed by atoms with E-state index in [0.717, 1.165) is 0 Å². The zero-order valence-electron chi connectivity index (χ0n) is 10.2. The van der Waals surface area contributed by atoms with Crippen LogP contribution in [0.3, 0.4) is 0 Å². The Morgan fingerprint density at radius 1 is 1.35 bits per heavy atom. The number of aliphatic carboxylic acids is 1. The van der Waals surface area contributed by atoms with Gasteiger partial charge in [0.15, 0.2) is 12.1 Å². The molecule has 98 valence electrons. The van der Waals surface area contributed by atoms with Crippen molar-refractivity contribution in [2.45, 2.75) is 57.1 Å². The minimum absolute atomic E-state index is 0.0497. The number of carbonyl (C=O) groups is 1. The summed E-state index contributed by atoms with van der Waals surface area (Å²) in [5, 5.41) is 8.68. The highest BCUT2D eigenvalue weighted by molar-refractivity contribution is 5.66. The van der Waals surface area contributed by atoms with Crippen LogP contribution in [0.2, 0.25) is 0 Å². The Kier molecular flexibility index (Phi) is 3.40. The van der Waals surface area contributed by atoms with Gasteiger partial charge in [-0.1, -0.05) is 0 Å². The van der Waals surface area contributed by atoms with E-state index < -0.39 is 18.0 Å². The summed E-state index contributed by atoms with van der Waals surface area (Å²) in [6.07, 6.45) is -0.865. The highest BCUT2D eigenvalue weighted by Crippen LogP contribution is 2.40. The standard InChI is InChI=1S/C11H18O6/c1-11(2)16-8-6(4-5-7(12)13)15-10(14-3)9(8)17-11/h6,8-10H,4-5H2,1-3H3,(H,12,13)/t6-,8-,9-,10-/m1/s1. The molecule has 2 heterocycles. The van der Waals surface area contributed by atoms with Gasteiger partial charge in [-0.2, -0.15) is 0 Å². The number of hydrogen-bond donors (Lipinski definition) is 1. The van der Waals surface area contributed by atoms with Crippen molar-refractivity contribution in [3.05, 3.63) is 0 Å². The van der Waals surface area contributed by atoms with Crippen LogP contribution in [-0.2, 0) is 23.7 Å². The van der Waals surface area contributed by atoms with Gasteiger partial charge in [0.1, 0.15) is 12.2 Å². The van der Waals surface area contributed by atoms with Crippen LogP contribution in [-0.4, -0.2) is 48.6 Å². The monoisotopic (exact) mass is 246 g/mol. The maximum absolute atomic E-state index is 10.6. The molecule has 0 aliphatic carbocycles. The Balaban J connectivity index is 2.02. The molecule has 4 atom stereocenters. The highest BCUT2D eigenvalue weighted by atomic mass is 16.8. The van der Waals surface area contributed by atoms with Gasteiger partial charge in [-0.25, -0.2) is 0 Å². The summed E-state index contributed by atoms with van der Waals surface area (Å²) in [6, 6.07) is 0. The number of carboxylic acids is 1. The van der Waals surface area contributed by atoms with E-state index >= 15 is 0 Å². The number of fused-ring (bicyclic) bond motifs is 1. The third-order valence-corrected chi connectivity index (χ3v) is 2.98. The predicted octanol–water partition coefficient (Wildman–Crippen LogP) is 0.743. The molecule has 0 radical (unpaired) electrons. The third-order valence-electron chi connectivity index (χ3n) is 2.98. The summed E-state index contributed by atoms with van der Waals surface area (Å²) >= 11 is 0. The number of carboxylic acid groups (broad SMARTS) is 1. The molecule has 0 aromatic heterocycles. The fraction of sp³-hybridized carbons (Fsp3) is 0.909. The van der Waals surface area contributed by atoms with Crippen molar-refractivity contribution in [2.24, 2.45) is 0 Å². The number of methoxy groups -OCH3 is 1. The SMILES string of the molecule is CO[C@@H]1O[C@H](CCC(=O)O)[C@H]2OC(C)(C)O[C@@H]12. The van der Waals surface area contributed by atoms with Crippen LogP contribution >= 0.6 is 0 Å². The molecular weight excluding hydrogens is 228 g/mol. The molecule has 6 nitrogen and oxygen atoms in total. The van der Waals surface area contributed by atoms with E-state index in [1.807, 2.05) is 13.8 Å². The van der Waals surface area contributed by atoms with Crippen LogP contribution in [0, 0.1) is 0 Å². The minimum Gasteiger partial charge on any atom is -0.481 e. The van der Waals surface area contributed by atoms with Crippen molar-refractivity contribution in [3.8, 4) is 0 Å². The fourth-order valence-corrected chi connectivity index (χ4v) is 2.33. The van der Waals surface area contributed by atoms with E-state index in [9.17, 15) is 4.79 Å². The van der Waals surface area contributed by atoms with Gasteiger partial charge in [0.05, 0.1) is 6.10 Å². The van der Waals surface area contributed by atoms with Crippen molar-refractivity contribution in [1.29, 1.82) is 0 Å². The van der Waals surface area contributed by atoms with Gasteiger partial charge < -0.3 is 24.1 Å². The Hall–Kier alpha value is -0.690. The first kappa shape index (κ1) is 12.8. The Labute approximate surface area is 99.8 Å². The van der Waals surface area contributed by atoms with Crippen molar-refractivity contribution in [1.82, 2.24) is 0 Å². The van der Waals surface area contributed by atoms with Crippen LogP contribution < -0.4 is 0 Å². The average Bonchev–Trinajstić information content (AvgIpc) is 2.68. The summed E-state index contributed by atoms with van der Waals surface area (Å²) in [4.78, 5) is 10.6. The molecule has 0 bridgehead atoms. The molecule has 2 rings (SSSR count). The van der Waals surface area contributed by atoms with Gasteiger partial charge in [0.2, 0.25) is 0 Å². The molecule has 0 unspecified atom stereocenters. The second-order valence-electron chi connectivity index (χ2n) is 4.78. The molecule has 0 saturated carbocycles. The molecule has 0 amide bonds. The summed E-state index contributed by atoms with van der Waals surface area (Å²) in [5.41, 5.74) is 0. The summed E-state index contributed by atoms with van der Waals surface area (Å²) in [7, 11) is 1.54. The van der Waals surface area contributed by atoms with Crippen molar-refractivity contribution >= 4 is 5.97 Å². The summed E-state index contributed by atoms with van der Waals surface area (Å²) in [6.45, 7) is 3.65. The van der Waals surface area contributed by atoms with E-state index in [0.29, 0.717) is 6.42 Å². The molecule has 2 aliphatic rings. The maximum Gasteiger partial charge on any atom is 0.303 e. The summed E-state index contributed by atoms with van der Waals surface area (Å²) < 4.78 is 22.2. The topological polar surface area (TPSA) is 74.2 Å². The zero-order chi connectivity index (χ0) is 12.6. The quantitative estimate of drug-likeness (QED) is 0.788. The van der Waals surface area contributed by atoms with E-state index in [4.69, 9.17) is 24.1 Å². The lowest BCUT2D eigenvalue weighted by Crippen LogP contribution is -2.30. The molecule has 2 aliphatic heterocycles. The fourth-order valence-electron chi connectivity index (χ4n) is 2.33. The molecule has 6 heteroatoms. The van der Waals surface area contributed by atoms with Gasteiger partial charge >= 0.3 is 5.97 Å². The van der Waals surface area contributed by atoms with Crippen LogP contribution in [0.25, 0.3) is 0 Å². The van der Waals surface area contributed by atoms with Crippen LogP contribution in [0.1, 0.15) is 26.7 Å². The normalized spacial score (nSPS) is 39.2. The first-order chi connectivity index (χ1) is 7.93.